The second-order valence-electron chi connectivity index (χ2n) is 6.49. The summed E-state index contributed by atoms with van der Waals surface area (Å²) >= 11 is 0. The maximum atomic E-state index is 14.3. The number of allylic oxidation sites excluding steroid dienone is 2. The molecule has 1 aromatic rings. The summed E-state index contributed by atoms with van der Waals surface area (Å²) in [6.07, 6.45) is 5.63. The zero-order valence-electron chi connectivity index (χ0n) is 15.8. The number of nitrogens with zero attached hydrogens (tertiary/aromatic N) is 3. The predicted octanol–water partition coefficient (Wildman–Crippen LogP) is 2.87. The molecule has 28 heavy (non-hydrogen) atoms. The van der Waals surface area contributed by atoms with E-state index < -0.39 is 5.82 Å². The third kappa shape index (κ3) is 4.68. The molecule has 2 amide bonds. The highest BCUT2D eigenvalue weighted by Gasteiger charge is 2.24. The predicted molar refractivity (Wildman–Crippen MR) is 104 cm³/mol. The molecule has 0 saturated carbocycles. The highest BCUT2D eigenvalue weighted by molar-refractivity contribution is 5.74. The number of urea groups is 1. The lowest BCUT2D eigenvalue weighted by Gasteiger charge is -2.37. The van der Waals surface area contributed by atoms with Gasteiger partial charge in [0, 0.05) is 50.9 Å². The van der Waals surface area contributed by atoms with Crippen LogP contribution in [0.1, 0.15) is 12.0 Å². The first kappa shape index (κ1) is 19.9. The number of benzene rings is 1. The summed E-state index contributed by atoms with van der Waals surface area (Å²) in [5.41, 5.74) is 0.921. The van der Waals surface area contributed by atoms with Gasteiger partial charge in [-0.3, -0.25) is 4.99 Å². The Morgan fingerprint density at radius 3 is 2.75 bits per heavy atom. The monoisotopic (exact) mass is 390 g/mol. The number of nitrogens with one attached hydrogen (secondary N) is 1. The van der Waals surface area contributed by atoms with E-state index in [-0.39, 0.29) is 24.2 Å². The number of carbonyl (C=O) groups excluding carboxylic acids is 1. The molecule has 0 unspecified atom stereocenters. The number of carbonyl (C=O) groups is 1. The lowest BCUT2D eigenvalue weighted by Crippen LogP contribution is -2.51. The van der Waals surface area contributed by atoms with Crippen LogP contribution in [0.4, 0.5) is 13.6 Å². The molecule has 0 atom stereocenters. The van der Waals surface area contributed by atoms with Crippen LogP contribution < -0.4 is 10.1 Å². The van der Waals surface area contributed by atoms with E-state index in [0.717, 1.165) is 0 Å². The number of methoxy groups -OCH3 is 1. The summed E-state index contributed by atoms with van der Waals surface area (Å²) in [5.74, 6) is -0.603. The average molecular weight is 390 g/mol. The van der Waals surface area contributed by atoms with E-state index in [1.54, 1.807) is 23.2 Å². The van der Waals surface area contributed by atoms with Gasteiger partial charge in [-0.15, -0.1) is 0 Å². The summed E-state index contributed by atoms with van der Waals surface area (Å²) in [6.45, 7) is 2.41. The number of aliphatic imine (C=N–C) groups is 1. The van der Waals surface area contributed by atoms with Crippen molar-refractivity contribution in [3.8, 4) is 5.75 Å². The van der Waals surface area contributed by atoms with Crippen molar-refractivity contribution < 1.29 is 18.3 Å². The van der Waals surface area contributed by atoms with Crippen molar-refractivity contribution in [2.45, 2.75) is 13.0 Å². The van der Waals surface area contributed by atoms with Crippen LogP contribution in [-0.2, 0) is 6.54 Å². The van der Waals surface area contributed by atoms with Crippen LogP contribution in [0.5, 0.6) is 5.75 Å². The van der Waals surface area contributed by atoms with Crippen LogP contribution in [0.2, 0.25) is 0 Å². The number of amides is 2. The summed E-state index contributed by atoms with van der Waals surface area (Å²) < 4.78 is 33.4. The van der Waals surface area contributed by atoms with Gasteiger partial charge in [0.25, 0.3) is 0 Å². The van der Waals surface area contributed by atoms with E-state index in [1.807, 2.05) is 11.0 Å². The molecule has 150 valence electrons. The SMILES string of the molecule is COc1cccc(CNC(=O)N2CCN(/C3=C/CC=NCC=C3F)CC2)c1F. The zero-order chi connectivity index (χ0) is 19.9. The van der Waals surface area contributed by atoms with E-state index in [2.05, 4.69) is 10.3 Å². The first-order valence-corrected chi connectivity index (χ1v) is 9.23. The Balaban J connectivity index is 1.53. The first-order valence-electron chi connectivity index (χ1n) is 9.23. The van der Waals surface area contributed by atoms with Crippen molar-refractivity contribution in [1.82, 2.24) is 15.1 Å². The third-order valence-electron chi connectivity index (χ3n) is 4.77. The maximum absolute atomic E-state index is 14.3. The van der Waals surface area contributed by atoms with Crippen molar-refractivity contribution in [2.75, 3.05) is 39.8 Å². The van der Waals surface area contributed by atoms with E-state index >= 15 is 0 Å². The van der Waals surface area contributed by atoms with E-state index in [1.165, 1.54) is 19.3 Å². The Morgan fingerprint density at radius 2 is 2.00 bits per heavy atom. The molecular formula is C20H24F2N4O2. The highest BCUT2D eigenvalue weighted by Crippen LogP contribution is 2.21. The molecule has 0 bridgehead atoms. The molecule has 2 aliphatic rings. The third-order valence-corrected chi connectivity index (χ3v) is 4.77. The minimum Gasteiger partial charge on any atom is -0.494 e. The highest BCUT2D eigenvalue weighted by atomic mass is 19.1. The van der Waals surface area contributed by atoms with E-state index in [0.29, 0.717) is 50.4 Å². The molecule has 1 aromatic carbocycles. The smallest absolute Gasteiger partial charge is 0.317 e. The average Bonchev–Trinajstić information content (AvgIpc) is 2.70. The molecule has 0 aromatic heterocycles. The van der Waals surface area contributed by atoms with Gasteiger partial charge < -0.3 is 19.9 Å². The molecule has 1 saturated heterocycles. The Hall–Kier alpha value is -2.90. The lowest BCUT2D eigenvalue weighted by molar-refractivity contribution is 0.156. The van der Waals surface area contributed by atoms with Gasteiger partial charge in [-0.25, -0.2) is 13.6 Å². The second kappa shape index (κ2) is 9.34. The Labute approximate surface area is 163 Å². The quantitative estimate of drug-likeness (QED) is 0.860. The van der Waals surface area contributed by atoms with Crippen molar-refractivity contribution >= 4 is 12.2 Å². The Kier molecular flexibility index (Phi) is 6.62. The number of halogens is 2. The molecule has 8 heteroatoms. The van der Waals surface area contributed by atoms with Crippen LogP contribution in [-0.4, -0.2) is 61.9 Å². The van der Waals surface area contributed by atoms with Crippen molar-refractivity contribution in [3.05, 3.63) is 53.3 Å². The number of hydrogen-bond acceptors (Lipinski definition) is 4. The summed E-state index contributed by atoms with van der Waals surface area (Å²) in [4.78, 5) is 20.1. The molecule has 0 aliphatic carbocycles. The fraction of sp³-hybridized carbons (Fsp3) is 0.400. The zero-order valence-corrected chi connectivity index (χ0v) is 15.8. The van der Waals surface area contributed by atoms with Gasteiger partial charge in [-0.1, -0.05) is 18.2 Å². The van der Waals surface area contributed by atoms with Crippen molar-refractivity contribution in [3.63, 3.8) is 0 Å². The minimum absolute atomic E-state index is 0.0733. The van der Waals surface area contributed by atoms with E-state index in [4.69, 9.17) is 4.74 Å². The lowest BCUT2D eigenvalue weighted by atomic mass is 10.2. The Morgan fingerprint density at radius 1 is 1.21 bits per heavy atom. The summed E-state index contributed by atoms with van der Waals surface area (Å²) in [5, 5.41) is 2.74. The van der Waals surface area contributed by atoms with E-state index in [9.17, 15) is 13.6 Å². The molecule has 0 radical (unpaired) electrons. The number of piperazine rings is 1. The van der Waals surface area contributed by atoms with Crippen LogP contribution in [0.15, 0.2) is 46.9 Å². The van der Waals surface area contributed by atoms with Crippen LogP contribution >= 0.6 is 0 Å². The number of rotatable bonds is 4. The minimum atomic E-state index is -0.475. The van der Waals surface area contributed by atoms with Gasteiger partial charge in [0.05, 0.1) is 19.4 Å². The van der Waals surface area contributed by atoms with Gasteiger partial charge in [-0.2, -0.15) is 0 Å². The fourth-order valence-electron chi connectivity index (χ4n) is 3.21. The standard InChI is InChI=1S/C20H24F2N4O2/c1-28-18-6-2-4-15(19(18)22)14-24-20(27)26-12-10-25(11-13-26)17-5-3-8-23-9-7-16(17)21/h2,4-8H,3,9-14H2,1H3,(H,24,27)/b16-7?,17-5+,23-8?. The molecular weight excluding hydrogens is 366 g/mol. The summed E-state index contributed by atoms with van der Waals surface area (Å²) in [7, 11) is 1.40. The molecule has 2 heterocycles. The molecule has 1 N–H and O–H groups in total. The van der Waals surface area contributed by atoms with Crippen LogP contribution in [0.3, 0.4) is 0 Å². The van der Waals surface area contributed by atoms with Crippen molar-refractivity contribution in [2.24, 2.45) is 4.99 Å². The molecule has 1 fully saturated rings. The van der Waals surface area contributed by atoms with Gasteiger partial charge in [0.15, 0.2) is 11.6 Å². The van der Waals surface area contributed by atoms with Crippen molar-refractivity contribution in [1.29, 1.82) is 0 Å². The molecule has 2 aliphatic heterocycles. The normalized spacial score (nSPS) is 19.2. The van der Waals surface area contributed by atoms with Crippen LogP contribution in [0.25, 0.3) is 0 Å². The first-order chi connectivity index (χ1) is 13.6. The maximum Gasteiger partial charge on any atom is 0.317 e. The fourth-order valence-corrected chi connectivity index (χ4v) is 3.21. The Bertz CT molecular complexity index is 799. The van der Waals surface area contributed by atoms with Gasteiger partial charge in [0.2, 0.25) is 0 Å². The molecule has 3 rings (SSSR count). The molecule has 0 spiro atoms. The van der Waals surface area contributed by atoms with Crippen LogP contribution in [0, 0.1) is 5.82 Å². The second-order valence-corrected chi connectivity index (χ2v) is 6.49. The number of ether oxygens (including phenoxy) is 1. The number of hydrogen-bond donors (Lipinski definition) is 1. The largest absolute Gasteiger partial charge is 0.494 e. The molecule has 6 nitrogen and oxygen atoms in total. The van der Waals surface area contributed by atoms with Gasteiger partial charge >= 0.3 is 6.03 Å². The van der Waals surface area contributed by atoms with Gasteiger partial charge in [0.1, 0.15) is 5.83 Å². The summed E-state index contributed by atoms with van der Waals surface area (Å²) in [6, 6.07) is 4.55. The topological polar surface area (TPSA) is 57.2 Å². The van der Waals surface area contributed by atoms with Gasteiger partial charge in [-0.05, 0) is 12.1 Å².